The number of ether oxygens (including phenoxy) is 1. The Morgan fingerprint density at radius 1 is 1.00 bits per heavy atom. The maximum atomic E-state index is 12.6. The molecule has 0 unspecified atom stereocenters. The molecule has 0 aliphatic heterocycles. The minimum absolute atomic E-state index is 0.152. The third-order valence-electron chi connectivity index (χ3n) is 5.29. The first kappa shape index (κ1) is 25.0. The van der Waals surface area contributed by atoms with Crippen LogP contribution in [0.25, 0.3) is 10.9 Å². The van der Waals surface area contributed by atoms with Gasteiger partial charge in [-0.1, -0.05) is 41.4 Å². The zero-order valence-corrected chi connectivity index (χ0v) is 21.2. The highest BCUT2D eigenvalue weighted by Crippen LogP contribution is 2.31. The predicted molar refractivity (Wildman–Crippen MR) is 143 cm³/mol. The van der Waals surface area contributed by atoms with Crippen molar-refractivity contribution < 1.29 is 14.3 Å². The Hall–Kier alpha value is -3.13. The van der Waals surface area contributed by atoms with Gasteiger partial charge in [-0.3, -0.25) is 9.59 Å². The third-order valence-corrected chi connectivity index (χ3v) is 6.82. The van der Waals surface area contributed by atoms with Crippen molar-refractivity contribution in [2.24, 2.45) is 0 Å². The predicted octanol–water partition coefficient (Wildman–Crippen LogP) is 6.12. The number of methoxy groups -OCH3 is 1. The van der Waals surface area contributed by atoms with Crippen molar-refractivity contribution >= 4 is 63.4 Å². The molecule has 0 spiro atoms. The largest absolute Gasteiger partial charge is 0.495 e. The molecule has 0 aliphatic rings. The van der Waals surface area contributed by atoms with Crippen LogP contribution in [0, 0.1) is 0 Å². The number of aromatic nitrogens is 1. The molecule has 0 fully saturated rings. The molecular formula is C26H23Cl2N3O3S. The number of carbonyl (C=O) groups is 2. The number of thioether (sulfide) groups is 1. The number of anilines is 1. The molecule has 180 valence electrons. The van der Waals surface area contributed by atoms with Crippen LogP contribution in [0.4, 0.5) is 5.69 Å². The summed E-state index contributed by atoms with van der Waals surface area (Å²) in [6.45, 7) is 1.05. The SMILES string of the molecule is COc1ccc(Cl)cc1NC(=O)CSc1cn(CCNC(=O)c2ccc(Cl)cc2)c2ccccc12. The molecule has 2 amide bonds. The second kappa shape index (κ2) is 11.5. The van der Waals surface area contributed by atoms with Crippen LogP contribution in [0.3, 0.4) is 0 Å². The van der Waals surface area contributed by atoms with Gasteiger partial charge in [0.25, 0.3) is 5.91 Å². The molecule has 0 saturated heterocycles. The standard InChI is InChI=1S/C26H23Cl2N3O3S/c1-34-23-11-10-19(28)14-21(23)30-25(32)16-35-24-15-31(22-5-3-2-4-20(22)24)13-12-29-26(33)17-6-8-18(27)9-7-17/h2-11,14-15H,12-13,16H2,1H3,(H,29,33)(H,30,32). The molecule has 0 aliphatic carbocycles. The Kier molecular flexibility index (Phi) is 8.23. The van der Waals surface area contributed by atoms with Crippen molar-refractivity contribution in [2.45, 2.75) is 11.4 Å². The number of para-hydroxylation sites is 1. The molecule has 0 bridgehead atoms. The van der Waals surface area contributed by atoms with Crippen molar-refractivity contribution in [1.29, 1.82) is 0 Å². The molecule has 0 atom stereocenters. The van der Waals surface area contributed by atoms with Crippen LogP contribution in [0.15, 0.2) is 77.8 Å². The second-order valence-corrected chi connectivity index (χ2v) is 9.54. The van der Waals surface area contributed by atoms with Crippen molar-refractivity contribution in [1.82, 2.24) is 9.88 Å². The number of benzene rings is 3. The summed E-state index contributed by atoms with van der Waals surface area (Å²) in [6, 6.07) is 19.8. The summed E-state index contributed by atoms with van der Waals surface area (Å²) < 4.78 is 7.37. The fraction of sp³-hybridized carbons (Fsp3) is 0.154. The second-order valence-electron chi connectivity index (χ2n) is 7.65. The highest BCUT2D eigenvalue weighted by atomic mass is 35.5. The fourth-order valence-corrected chi connectivity index (χ4v) is 4.80. The summed E-state index contributed by atoms with van der Waals surface area (Å²) >= 11 is 13.4. The van der Waals surface area contributed by atoms with E-state index in [-0.39, 0.29) is 17.6 Å². The molecule has 1 heterocycles. The van der Waals surface area contributed by atoms with Gasteiger partial charge in [0.2, 0.25) is 5.91 Å². The van der Waals surface area contributed by atoms with Gasteiger partial charge in [-0.25, -0.2) is 0 Å². The first-order chi connectivity index (χ1) is 16.9. The van der Waals surface area contributed by atoms with Gasteiger partial charge in [-0.15, -0.1) is 11.8 Å². The molecule has 3 aromatic carbocycles. The van der Waals surface area contributed by atoms with Crippen LogP contribution in [0.1, 0.15) is 10.4 Å². The Bertz CT molecular complexity index is 1360. The van der Waals surface area contributed by atoms with Gasteiger partial charge in [0.15, 0.2) is 0 Å². The monoisotopic (exact) mass is 527 g/mol. The van der Waals surface area contributed by atoms with Crippen molar-refractivity contribution in [3.8, 4) is 5.75 Å². The van der Waals surface area contributed by atoms with Gasteiger partial charge < -0.3 is 19.9 Å². The molecule has 0 saturated carbocycles. The summed E-state index contributed by atoms with van der Waals surface area (Å²) in [5.41, 5.74) is 2.13. The van der Waals surface area contributed by atoms with E-state index in [0.29, 0.717) is 40.1 Å². The maximum Gasteiger partial charge on any atom is 0.251 e. The molecule has 6 nitrogen and oxygen atoms in total. The lowest BCUT2D eigenvalue weighted by atomic mass is 10.2. The molecule has 4 rings (SSSR count). The Morgan fingerprint density at radius 2 is 1.74 bits per heavy atom. The van der Waals surface area contributed by atoms with Gasteiger partial charge in [-0.05, 0) is 48.5 Å². The van der Waals surface area contributed by atoms with E-state index in [1.165, 1.54) is 11.8 Å². The van der Waals surface area contributed by atoms with Crippen LogP contribution in [0.2, 0.25) is 10.0 Å². The van der Waals surface area contributed by atoms with E-state index in [0.717, 1.165) is 15.8 Å². The summed E-state index contributed by atoms with van der Waals surface area (Å²) in [5, 5.41) is 7.95. The van der Waals surface area contributed by atoms with E-state index in [4.69, 9.17) is 27.9 Å². The Labute approximate surface area is 217 Å². The van der Waals surface area contributed by atoms with Crippen LogP contribution in [-0.2, 0) is 11.3 Å². The fourth-order valence-electron chi connectivity index (χ4n) is 3.61. The van der Waals surface area contributed by atoms with Gasteiger partial charge in [-0.2, -0.15) is 0 Å². The van der Waals surface area contributed by atoms with Crippen LogP contribution < -0.4 is 15.4 Å². The number of amides is 2. The molecule has 1 aromatic heterocycles. The third kappa shape index (κ3) is 6.31. The molecule has 35 heavy (non-hydrogen) atoms. The minimum Gasteiger partial charge on any atom is -0.495 e. The number of hydrogen-bond acceptors (Lipinski definition) is 4. The van der Waals surface area contributed by atoms with E-state index in [1.807, 2.05) is 30.5 Å². The molecule has 9 heteroatoms. The van der Waals surface area contributed by atoms with Crippen LogP contribution in [0.5, 0.6) is 5.75 Å². The summed E-state index contributed by atoms with van der Waals surface area (Å²) in [5.74, 6) is 0.449. The van der Waals surface area contributed by atoms with Gasteiger partial charge in [0.1, 0.15) is 5.75 Å². The van der Waals surface area contributed by atoms with E-state index in [2.05, 4.69) is 15.2 Å². The zero-order chi connectivity index (χ0) is 24.8. The van der Waals surface area contributed by atoms with E-state index >= 15 is 0 Å². The van der Waals surface area contributed by atoms with Crippen molar-refractivity contribution in [3.05, 3.63) is 88.5 Å². The smallest absolute Gasteiger partial charge is 0.251 e. The lowest BCUT2D eigenvalue weighted by Crippen LogP contribution is -2.27. The normalized spacial score (nSPS) is 10.8. The van der Waals surface area contributed by atoms with E-state index < -0.39 is 0 Å². The van der Waals surface area contributed by atoms with Crippen LogP contribution >= 0.6 is 35.0 Å². The lowest BCUT2D eigenvalue weighted by Gasteiger charge is -2.10. The molecule has 0 radical (unpaired) electrons. The molecule has 2 N–H and O–H groups in total. The van der Waals surface area contributed by atoms with Gasteiger partial charge in [0, 0.05) is 50.7 Å². The highest BCUT2D eigenvalue weighted by Gasteiger charge is 2.13. The first-order valence-corrected chi connectivity index (χ1v) is 12.6. The van der Waals surface area contributed by atoms with Crippen LogP contribution in [-0.4, -0.2) is 35.8 Å². The van der Waals surface area contributed by atoms with Crippen molar-refractivity contribution in [2.75, 3.05) is 24.7 Å². The average molecular weight is 528 g/mol. The number of hydrogen-bond donors (Lipinski definition) is 2. The number of halogens is 2. The highest BCUT2D eigenvalue weighted by molar-refractivity contribution is 8.00. The van der Waals surface area contributed by atoms with E-state index in [1.54, 1.807) is 49.6 Å². The summed E-state index contributed by atoms with van der Waals surface area (Å²) in [6.07, 6.45) is 2.01. The van der Waals surface area contributed by atoms with E-state index in [9.17, 15) is 9.59 Å². The maximum absolute atomic E-state index is 12.6. The van der Waals surface area contributed by atoms with Gasteiger partial charge >= 0.3 is 0 Å². The number of rotatable bonds is 9. The Morgan fingerprint density at radius 3 is 2.51 bits per heavy atom. The van der Waals surface area contributed by atoms with Gasteiger partial charge in [0.05, 0.1) is 18.6 Å². The molecule has 4 aromatic rings. The number of fused-ring (bicyclic) bond motifs is 1. The average Bonchev–Trinajstić information content (AvgIpc) is 3.21. The zero-order valence-electron chi connectivity index (χ0n) is 18.9. The summed E-state index contributed by atoms with van der Waals surface area (Å²) in [4.78, 5) is 26.0. The molecular weight excluding hydrogens is 505 g/mol. The Balaban J connectivity index is 1.39. The topological polar surface area (TPSA) is 72.4 Å². The number of nitrogens with zero attached hydrogens (tertiary/aromatic N) is 1. The lowest BCUT2D eigenvalue weighted by molar-refractivity contribution is -0.113. The summed E-state index contributed by atoms with van der Waals surface area (Å²) in [7, 11) is 1.54. The number of carbonyl (C=O) groups excluding carboxylic acids is 2. The number of nitrogens with one attached hydrogen (secondary N) is 2. The van der Waals surface area contributed by atoms with Crippen molar-refractivity contribution in [3.63, 3.8) is 0 Å². The quantitative estimate of drug-likeness (QED) is 0.257. The minimum atomic E-state index is -0.164. The first-order valence-electron chi connectivity index (χ1n) is 10.8.